The Morgan fingerprint density at radius 1 is 0.636 bits per heavy atom. The molecule has 0 fully saturated rings. The van der Waals surface area contributed by atoms with Crippen molar-refractivity contribution in [3.63, 3.8) is 0 Å². The topological polar surface area (TPSA) is 38.7 Å². The number of benzene rings is 2. The summed E-state index contributed by atoms with van der Waals surface area (Å²) in [6.07, 6.45) is 4.53. The number of hydrogen-bond acceptors (Lipinski definition) is 3. The fourth-order valence-electron chi connectivity index (χ4n) is 2.97. The largest absolute Gasteiger partial charge is 0.304 e. The molecule has 4 heteroatoms. The van der Waals surface area contributed by atoms with E-state index < -0.39 is 13.7 Å². The minimum absolute atomic E-state index is 0. The second-order valence-electron chi connectivity index (χ2n) is 6.85. The third-order valence-corrected chi connectivity index (χ3v) is 4.55. The van der Waals surface area contributed by atoms with Gasteiger partial charge in [0, 0.05) is 46.9 Å². The van der Waals surface area contributed by atoms with Crippen LogP contribution in [0.1, 0.15) is 19.4 Å². The zero-order valence-electron chi connectivity index (χ0n) is 23.5. The molecule has 2 aromatic carbocycles. The molecule has 0 spiro atoms. The molecule has 0 bridgehead atoms. The summed E-state index contributed by atoms with van der Waals surface area (Å²) < 4.78 is 43.8. The van der Waals surface area contributed by atoms with Crippen molar-refractivity contribution in [1.29, 1.82) is 0 Å². The number of hydrogen-bond donors (Lipinski definition) is 0. The molecular formula is C29H23IrN3-2. The quantitative estimate of drug-likeness (QED) is 0.211. The summed E-state index contributed by atoms with van der Waals surface area (Å²) in [5.74, 6) is 0. The summed E-state index contributed by atoms with van der Waals surface area (Å²) in [7, 11) is 0. The SMILES string of the molecule is [2H]C([2H])([2H])c1ccc(-c2[c-]ccc(-c3ccccn3)c2)nc1.[2H]C([2H])([2H])c1ccc(-c2[c-]cccc2)nc1.[Ir]. The van der Waals surface area contributed by atoms with Gasteiger partial charge in [-0.05, 0) is 48.4 Å². The van der Waals surface area contributed by atoms with Crippen molar-refractivity contribution in [3.8, 4) is 33.8 Å². The molecule has 33 heavy (non-hydrogen) atoms. The maximum absolute atomic E-state index is 7.37. The van der Waals surface area contributed by atoms with Crippen LogP contribution < -0.4 is 0 Å². The van der Waals surface area contributed by atoms with Gasteiger partial charge in [-0.2, -0.15) is 0 Å². The van der Waals surface area contributed by atoms with E-state index in [2.05, 4.69) is 27.1 Å². The van der Waals surface area contributed by atoms with Gasteiger partial charge in [-0.15, -0.1) is 65.7 Å². The minimum Gasteiger partial charge on any atom is -0.304 e. The normalized spacial score (nSPS) is 13.3. The monoisotopic (exact) mass is 612 g/mol. The van der Waals surface area contributed by atoms with Crippen molar-refractivity contribution < 1.29 is 28.3 Å². The van der Waals surface area contributed by atoms with Crippen LogP contribution in [-0.4, -0.2) is 15.0 Å². The first kappa shape index (κ1) is 17.1. The predicted molar refractivity (Wildman–Crippen MR) is 130 cm³/mol. The zero-order valence-corrected chi connectivity index (χ0v) is 19.9. The van der Waals surface area contributed by atoms with Crippen LogP contribution >= 0.6 is 0 Å². The summed E-state index contributed by atoms with van der Waals surface area (Å²) >= 11 is 0. The van der Waals surface area contributed by atoms with Gasteiger partial charge in [0.25, 0.3) is 0 Å². The molecule has 3 heterocycles. The van der Waals surface area contributed by atoms with Gasteiger partial charge in [-0.25, -0.2) is 0 Å². The summed E-state index contributed by atoms with van der Waals surface area (Å²) in [5.41, 5.74) is 5.41. The molecule has 0 amide bonds. The summed E-state index contributed by atoms with van der Waals surface area (Å²) in [6, 6.07) is 31.6. The van der Waals surface area contributed by atoms with Crippen LogP contribution in [0.2, 0.25) is 0 Å². The molecule has 5 rings (SSSR count). The summed E-state index contributed by atoms with van der Waals surface area (Å²) in [5, 5.41) is 0. The van der Waals surface area contributed by atoms with Crippen LogP contribution in [-0.2, 0) is 20.1 Å². The zero-order chi connectivity index (χ0) is 27.2. The average Bonchev–Trinajstić information content (AvgIpc) is 2.94. The van der Waals surface area contributed by atoms with Crippen molar-refractivity contribution in [2.24, 2.45) is 0 Å². The van der Waals surface area contributed by atoms with Gasteiger partial charge in [-0.1, -0.05) is 35.9 Å². The second kappa shape index (κ2) is 12.0. The molecule has 1 radical (unpaired) electrons. The molecule has 5 aromatic rings. The number of aromatic nitrogens is 3. The predicted octanol–water partition coefficient (Wildman–Crippen LogP) is 6.77. The first-order valence-electron chi connectivity index (χ1n) is 12.9. The Morgan fingerprint density at radius 2 is 1.33 bits per heavy atom. The smallest absolute Gasteiger partial charge is 0.0518 e. The minimum atomic E-state index is -2.13. The van der Waals surface area contributed by atoms with E-state index in [1.54, 1.807) is 36.5 Å². The standard InChI is InChI=1S/C17H13N2.C12H10N.Ir/c1-13-8-9-17(19-12-13)15-6-4-5-14(11-15)16-7-2-3-10-18-16;1-10-7-8-12(13-9-10)11-5-3-2-4-6-11;/h2-5,7-12H,1H3;2-5,7-9H,1H3;/q2*-1;/i2*1D3;. The maximum Gasteiger partial charge on any atom is 0.0518 e. The first-order valence-corrected chi connectivity index (χ1v) is 9.95. The number of rotatable bonds is 3. The molecule has 0 saturated heterocycles. The van der Waals surface area contributed by atoms with E-state index in [-0.39, 0.29) is 31.2 Å². The molecular weight excluding hydrogens is 583 g/mol. The third kappa shape index (κ3) is 6.76. The van der Waals surface area contributed by atoms with Gasteiger partial charge in [0.15, 0.2) is 0 Å². The molecule has 0 aliphatic carbocycles. The van der Waals surface area contributed by atoms with Crippen molar-refractivity contribution in [3.05, 3.63) is 127 Å². The Labute approximate surface area is 217 Å². The third-order valence-electron chi connectivity index (χ3n) is 4.55. The van der Waals surface area contributed by atoms with Gasteiger partial charge >= 0.3 is 0 Å². The maximum atomic E-state index is 7.37. The molecule has 0 aliphatic rings. The van der Waals surface area contributed by atoms with Gasteiger partial charge < -0.3 is 9.97 Å². The molecule has 0 aliphatic heterocycles. The second-order valence-corrected chi connectivity index (χ2v) is 6.85. The number of aryl methyl sites for hydroxylation is 2. The van der Waals surface area contributed by atoms with Gasteiger partial charge in [0.1, 0.15) is 0 Å². The van der Waals surface area contributed by atoms with E-state index in [0.29, 0.717) is 5.69 Å². The summed E-state index contributed by atoms with van der Waals surface area (Å²) in [6.45, 7) is -4.23. The van der Waals surface area contributed by atoms with Crippen LogP contribution in [0.15, 0.2) is 104 Å². The molecule has 0 atom stereocenters. The van der Waals surface area contributed by atoms with Crippen molar-refractivity contribution in [2.75, 3.05) is 0 Å². The van der Waals surface area contributed by atoms with Gasteiger partial charge in [0.2, 0.25) is 0 Å². The Bertz CT molecular complexity index is 1460. The fourth-order valence-corrected chi connectivity index (χ4v) is 2.97. The molecule has 3 aromatic heterocycles. The van der Waals surface area contributed by atoms with E-state index in [0.717, 1.165) is 28.1 Å². The average molecular weight is 612 g/mol. The number of nitrogens with zero attached hydrogens (tertiary/aromatic N) is 3. The molecule has 165 valence electrons. The van der Waals surface area contributed by atoms with Crippen molar-refractivity contribution in [2.45, 2.75) is 13.7 Å². The Kier molecular flexibility index (Phi) is 6.19. The van der Waals surface area contributed by atoms with E-state index in [1.165, 1.54) is 12.4 Å². The van der Waals surface area contributed by atoms with E-state index in [4.69, 9.17) is 8.22 Å². The molecule has 3 nitrogen and oxygen atoms in total. The van der Waals surface area contributed by atoms with Crippen LogP contribution in [0.3, 0.4) is 0 Å². The molecule has 0 N–H and O–H groups in total. The van der Waals surface area contributed by atoms with Crippen molar-refractivity contribution in [1.82, 2.24) is 15.0 Å². The Morgan fingerprint density at radius 3 is 1.91 bits per heavy atom. The van der Waals surface area contributed by atoms with Gasteiger partial charge in [0.05, 0.1) is 5.69 Å². The number of pyridine rings is 3. The van der Waals surface area contributed by atoms with Crippen molar-refractivity contribution >= 4 is 0 Å². The van der Waals surface area contributed by atoms with Crippen LogP contribution in [0.25, 0.3) is 33.8 Å². The van der Waals surface area contributed by atoms with Gasteiger partial charge in [-0.3, -0.25) is 4.98 Å². The molecule has 0 unspecified atom stereocenters. The Balaban J connectivity index is 0.000000220. The van der Waals surface area contributed by atoms with E-state index in [9.17, 15) is 0 Å². The Hall–Kier alpha value is -3.46. The van der Waals surface area contributed by atoms with Crippen LogP contribution in [0.4, 0.5) is 0 Å². The van der Waals surface area contributed by atoms with Crippen LogP contribution in [0.5, 0.6) is 0 Å². The van der Waals surface area contributed by atoms with Crippen LogP contribution in [0, 0.1) is 25.8 Å². The first-order chi connectivity index (χ1) is 18.1. The fraction of sp³-hybridized carbons (Fsp3) is 0.0690. The molecule has 0 saturated carbocycles. The van der Waals surface area contributed by atoms with E-state index in [1.807, 2.05) is 54.6 Å². The summed E-state index contributed by atoms with van der Waals surface area (Å²) in [4.78, 5) is 12.7. The van der Waals surface area contributed by atoms with E-state index >= 15 is 0 Å².